The second kappa shape index (κ2) is 5.43. The number of halogens is 2. The Morgan fingerprint density at radius 3 is 2.50 bits per heavy atom. The molecule has 0 aromatic carbocycles. The van der Waals surface area contributed by atoms with E-state index in [1.165, 1.54) is 0 Å². The Morgan fingerprint density at radius 2 is 1.92 bits per heavy atom. The van der Waals surface area contributed by atoms with E-state index in [-0.39, 0.29) is 6.42 Å². The van der Waals surface area contributed by atoms with E-state index < -0.39 is 6.43 Å². The van der Waals surface area contributed by atoms with E-state index >= 15 is 0 Å². The highest BCUT2D eigenvalue weighted by Gasteiger charge is 2.09. The summed E-state index contributed by atoms with van der Waals surface area (Å²) in [6.07, 6.45) is -1.46. The first kappa shape index (κ1) is 9.86. The van der Waals surface area contributed by atoms with Gasteiger partial charge in [0.05, 0.1) is 0 Å². The van der Waals surface area contributed by atoms with E-state index in [2.05, 4.69) is 10.2 Å². The van der Waals surface area contributed by atoms with Crippen LogP contribution in [-0.4, -0.2) is 44.0 Å². The van der Waals surface area contributed by atoms with Crippen LogP contribution in [0.4, 0.5) is 8.78 Å². The lowest BCUT2D eigenvalue weighted by Crippen LogP contribution is -2.43. The molecule has 2 nitrogen and oxygen atoms in total. The van der Waals surface area contributed by atoms with Crippen molar-refractivity contribution in [3.8, 4) is 0 Å². The minimum atomic E-state index is -2.13. The van der Waals surface area contributed by atoms with Gasteiger partial charge in [0.25, 0.3) is 0 Å². The minimum Gasteiger partial charge on any atom is -0.314 e. The Balaban J connectivity index is 1.98. The summed E-state index contributed by atoms with van der Waals surface area (Å²) in [6.45, 7) is 4.82. The molecule has 0 atom stereocenters. The SMILES string of the molecule is FC(F)CCCN1CCNCC1. The molecule has 1 saturated heterocycles. The van der Waals surface area contributed by atoms with Crippen molar-refractivity contribution in [2.75, 3.05) is 32.7 Å². The summed E-state index contributed by atoms with van der Waals surface area (Å²) < 4.78 is 23.5. The fourth-order valence-electron chi connectivity index (χ4n) is 1.40. The van der Waals surface area contributed by atoms with E-state index in [1.807, 2.05) is 0 Å². The molecule has 1 aliphatic heterocycles. The van der Waals surface area contributed by atoms with Crippen molar-refractivity contribution in [2.24, 2.45) is 0 Å². The van der Waals surface area contributed by atoms with Gasteiger partial charge < -0.3 is 10.2 Å². The average Bonchev–Trinajstić information content (AvgIpc) is 2.05. The summed E-state index contributed by atoms with van der Waals surface area (Å²) in [4.78, 5) is 2.24. The zero-order chi connectivity index (χ0) is 8.81. The van der Waals surface area contributed by atoms with Crippen LogP contribution in [0.15, 0.2) is 0 Å². The second-order valence-corrected chi connectivity index (χ2v) is 3.12. The first-order valence-corrected chi connectivity index (χ1v) is 4.50. The summed E-state index contributed by atoms with van der Waals surface area (Å²) in [5.74, 6) is 0. The number of piperazine rings is 1. The normalized spacial score (nSPS) is 20.2. The molecule has 1 N–H and O–H groups in total. The maximum absolute atomic E-state index is 11.8. The number of alkyl halides is 2. The van der Waals surface area contributed by atoms with Crippen molar-refractivity contribution >= 4 is 0 Å². The largest absolute Gasteiger partial charge is 0.314 e. The van der Waals surface area contributed by atoms with Crippen molar-refractivity contribution in [1.82, 2.24) is 10.2 Å². The fraction of sp³-hybridized carbons (Fsp3) is 1.00. The summed E-state index contributed by atoms with van der Waals surface area (Å²) in [7, 11) is 0. The van der Waals surface area contributed by atoms with E-state index in [0.717, 1.165) is 32.7 Å². The molecule has 0 saturated carbocycles. The maximum Gasteiger partial charge on any atom is 0.238 e. The minimum absolute atomic E-state index is 0.0456. The van der Waals surface area contributed by atoms with E-state index in [0.29, 0.717) is 6.42 Å². The molecule has 0 amide bonds. The smallest absolute Gasteiger partial charge is 0.238 e. The van der Waals surface area contributed by atoms with Crippen LogP contribution in [0.5, 0.6) is 0 Å². The van der Waals surface area contributed by atoms with Gasteiger partial charge in [0.1, 0.15) is 0 Å². The summed E-state index contributed by atoms with van der Waals surface area (Å²) in [5, 5.41) is 3.22. The number of rotatable bonds is 4. The van der Waals surface area contributed by atoms with Gasteiger partial charge in [-0.3, -0.25) is 0 Å². The standard InChI is InChI=1S/C8H16F2N2/c9-8(10)2-1-5-12-6-3-11-4-7-12/h8,11H,1-7H2. The molecule has 0 aliphatic carbocycles. The predicted molar refractivity (Wildman–Crippen MR) is 44.5 cm³/mol. The lowest BCUT2D eigenvalue weighted by molar-refractivity contribution is 0.126. The van der Waals surface area contributed by atoms with Gasteiger partial charge >= 0.3 is 0 Å². The molecule has 0 aromatic heterocycles. The Morgan fingerprint density at radius 1 is 1.25 bits per heavy atom. The van der Waals surface area contributed by atoms with E-state index in [4.69, 9.17) is 0 Å². The Labute approximate surface area is 71.9 Å². The Kier molecular flexibility index (Phi) is 4.46. The van der Waals surface area contributed by atoms with Crippen molar-refractivity contribution in [2.45, 2.75) is 19.3 Å². The molecule has 0 radical (unpaired) electrons. The number of hydrogen-bond acceptors (Lipinski definition) is 2. The number of hydrogen-bond donors (Lipinski definition) is 1. The van der Waals surface area contributed by atoms with Crippen molar-refractivity contribution in [3.63, 3.8) is 0 Å². The molecule has 0 bridgehead atoms. The zero-order valence-electron chi connectivity index (χ0n) is 7.23. The molecule has 1 fully saturated rings. The third-order valence-electron chi connectivity index (χ3n) is 2.11. The van der Waals surface area contributed by atoms with Gasteiger partial charge in [-0.1, -0.05) is 0 Å². The molecular weight excluding hydrogens is 162 g/mol. The van der Waals surface area contributed by atoms with E-state index in [9.17, 15) is 8.78 Å². The highest BCUT2D eigenvalue weighted by molar-refractivity contribution is 4.67. The molecule has 0 aromatic rings. The average molecular weight is 178 g/mol. The quantitative estimate of drug-likeness (QED) is 0.689. The Bertz CT molecular complexity index is 114. The number of nitrogens with one attached hydrogen (secondary N) is 1. The maximum atomic E-state index is 11.8. The summed E-state index contributed by atoms with van der Waals surface area (Å²) in [5.41, 5.74) is 0. The third-order valence-corrected chi connectivity index (χ3v) is 2.11. The van der Waals surface area contributed by atoms with Crippen molar-refractivity contribution < 1.29 is 8.78 Å². The lowest BCUT2D eigenvalue weighted by Gasteiger charge is -2.26. The highest BCUT2D eigenvalue weighted by Crippen LogP contribution is 2.04. The van der Waals surface area contributed by atoms with Crippen LogP contribution in [0.1, 0.15) is 12.8 Å². The molecular formula is C8H16F2N2. The zero-order valence-corrected chi connectivity index (χ0v) is 7.23. The van der Waals surface area contributed by atoms with Gasteiger partial charge in [-0.25, -0.2) is 8.78 Å². The topological polar surface area (TPSA) is 15.3 Å². The molecule has 1 heterocycles. The van der Waals surface area contributed by atoms with Crippen LogP contribution in [0, 0.1) is 0 Å². The Hall–Kier alpha value is -0.220. The predicted octanol–water partition coefficient (Wildman–Crippen LogP) is 0.937. The molecule has 0 spiro atoms. The van der Waals surface area contributed by atoms with Gasteiger partial charge in [0.2, 0.25) is 6.43 Å². The van der Waals surface area contributed by atoms with E-state index in [1.54, 1.807) is 0 Å². The molecule has 4 heteroatoms. The second-order valence-electron chi connectivity index (χ2n) is 3.12. The number of nitrogens with zero attached hydrogens (tertiary/aromatic N) is 1. The van der Waals surface area contributed by atoms with Crippen LogP contribution in [0.25, 0.3) is 0 Å². The molecule has 0 unspecified atom stereocenters. The van der Waals surface area contributed by atoms with Gasteiger partial charge in [-0.05, 0) is 13.0 Å². The first-order valence-electron chi connectivity index (χ1n) is 4.50. The van der Waals surface area contributed by atoms with Crippen LogP contribution in [0.2, 0.25) is 0 Å². The summed E-state index contributed by atoms with van der Waals surface area (Å²) in [6, 6.07) is 0. The van der Waals surface area contributed by atoms with Gasteiger partial charge in [0, 0.05) is 32.6 Å². The van der Waals surface area contributed by atoms with Crippen LogP contribution >= 0.6 is 0 Å². The van der Waals surface area contributed by atoms with Crippen molar-refractivity contribution in [1.29, 1.82) is 0 Å². The molecule has 1 aliphatic rings. The highest BCUT2D eigenvalue weighted by atomic mass is 19.3. The van der Waals surface area contributed by atoms with Crippen LogP contribution in [-0.2, 0) is 0 Å². The van der Waals surface area contributed by atoms with Gasteiger partial charge in [-0.2, -0.15) is 0 Å². The monoisotopic (exact) mass is 178 g/mol. The van der Waals surface area contributed by atoms with Crippen LogP contribution < -0.4 is 5.32 Å². The van der Waals surface area contributed by atoms with Crippen LogP contribution in [0.3, 0.4) is 0 Å². The third kappa shape index (κ3) is 3.97. The lowest BCUT2D eigenvalue weighted by atomic mass is 10.2. The van der Waals surface area contributed by atoms with Gasteiger partial charge in [0.15, 0.2) is 0 Å². The fourth-order valence-corrected chi connectivity index (χ4v) is 1.40. The molecule has 12 heavy (non-hydrogen) atoms. The first-order chi connectivity index (χ1) is 5.79. The molecule has 72 valence electrons. The summed E-state index contributed by atoms with van der Waals surface area (Å²) >= 11 is 0. The molecule has 1 rings (SSSR count). The van der Waals surface area contributed by atoms with Gasteiger partial charge in [-0.15, -0.1) is 0 Å². The van der Waals surface area contributed by atoms with Crippen molar-refractivity contribution in [3.05, 3.63) is 0 Å².